The molecule has 0 heterocycles. The van der Waals surface area contributed by atoms with Crippen molar-refractivity contribution < 1.29 is 14.6 Å². The molecule has 0 saturated carbocycles. The van der Waals surface area contributed by atoms with Gasteiger partial charge in [0.05, 0.1) is 6.10 Å². The molecule has 1 atom stereocenters. The van der Waals surface area contributed by atoms with Gasteiger partial charge in [0.2, 0.25) is 0 Å². The van der Waals surface area contributed by atoms with Crippen LogP contribution in [-0.2, 0) is 10.2 Å². The van der Waals surface area contributed by atoms with Gasteiger partial charge >= 0.3 is 0 Å². The molecule has 0 radical (unpaired) electrons. The average Bonchev–Trinajstić information content (AvgIpc) is 2.56. The fourth-order valence-corrected chi connectivity index (χ4v) is 2.55. The Morgan fingerprint density at radius 1 is 0.957 bits per heavy atom. The fraction of sp³-hybridized carbons (Fsp3) is 0.400. The number of methoxy groups -OCH3 is 1. The van der Waals surface area contributed by atoms with Crippen LogP contribution in [0.4, 0.5) is 0 Å². The van der Waals surface area contributed by atoms with Crippen molar-refractivity contribution in [1.82, 2.24) is 0 Å². The van der Waals surface area contributed by atoms with E-state index < -0.39 is 0 Å². The van der Waals surface area contributed by atoms with Crippen LogP contribution in [0.2, 0.25) is 0 Å². The van der Waals surface area contributed by atoms with Crippen LogP contribution < -0.4 is 4.74 Å². The van der Waals surface area contributed by atoms with Gasteiger partial charge in [-0.3, -0.25) is 0 Å². The Labute approximate surface area is 138 Å². The quantitative estimate of drug-likeness (QED) is 0.816. The fourth-order valence-electron chi connectivity index (χ4n) is 2.55. The summed E-state index contributed by atoms with van der Waals surface area (Å²) in [6.45, 7) is 7.00. The van der Waals surface area contributed by atoms with Crippen LogP contribution in [0.15, 0.2) is 48.5 Å². The van der Waals surface area contributed by atoms with Gasteiger partial charge in [-0.15, -0.1) is 0 Å². The molecule has 0 aliphatic carbocycles. The molecule has 0 saturated heterocycles. The lowest BCUT2D eigenvalue weighted by Gasteiger charge is -2.26. The van der Waals surface area contributed by atoms with E-state index in [0.717, 1.165) is 17.7 Å². The summed E-state index contributed by atoms with van der Waals surface area (Å²) in [5.41, 5.74) is 2.23. The van der Waals surface area contributed by atoms with E-state index in [9.17, 15) is 5.11 Å². The zero-order chi connectivity index (χ0) is 16.9. The Bertz CT molecular complexity index is 596. The van der Waals surface area contributed by atoms with Crippen molar-refractivity contribution >= 4 is 0 Å². The van der Waals surface area contributed by atoms with Crippen molar-refractivity contribution in [3.63, 3.8) is 0 Å². The Kier molecular flexibility index (Phi) is 5.67. The maximum atomic E-state index is 9.45. The minimum Gasteiger partial charge on any atom is -0.508 e. The van der Waals surface area contributed by atoms with E-state index in [1.54, 1.807) is 19.2 Å². The van der Waals surface area contributed by atoms with Crippen molar-refractivity contribution in [2.45, 2.75) is 38.7 Å². The number of phenols is 1. The third-order valence-corrected chi connectivity index (χ3v) is 4.39. The molecule has 1 unspecified atom stereocenters. The van der Waals surface area contributed by atoms with Gasteiger partial charge < -0.3 is 14.6 Å². The summed E-state index contributed by atoms with van der Waals surface area (Å²) in [7, 11) is 1.71. The van der Waals surface area contributed by atoms with Crippen LogP contribution in [0, 0.1) is 0 Å². The standard InChI is InChI=1S/C20H26O3/c1-5-18(22-4)14-23-19-12-8-16(9-13-19)20(2,3)15-6-10-17(21)11-7-15/h6-13,18,21H,5,14H2,1-4H3. The third kappa shape index (κ3) is 4.26. The number of phenolic OH excluding ortho intramolecular Hbond substituents is 1. The normalized spacial score (nSPS) is 12.9. The zero-order valence-corrected chi connectivity index (χ0v) is 14.4. The van der Waals surface area contributed by atoms with Gasteiger partial charge in [0, 0.05) is 12.5 Å². The van der Waals surface area contributed by atoms with Crippen molar-refractivity contribution in [2.24, 2.45) is 0 Å². The van der Waals surface area contributed by atoms with Gasteiger partial charge in [-0.05, 0) is 41.8 Å². The van der Waals surface area contributed by atoms with Crippen molar-refractivity contribution in [3.8, 4) is 11.5 Å². The molecule has 1 N–H and O–H groups in total. The second-order valence-corrected chi connectivity index (χ2v) is 6.27. The first-order valence-corrected chi connectivity index (χ1v) is 8.03. The second kappa shape index (κ2) is 7.51. The summed E-state index contributed by atoms with van der Waals surface area (Å²) in [6.07, 6.45) is 1.06. The van der Waals surface area contributed by atoms with Crippen LogP contribution in [0.25, 0.3) is 0 Å². The smallest absolute Gasteiger partial charge is 0.119 e. The van der Waals surface area contributed by atoms with Gasteiger partial charge in [-0.2, -0.15) is 0 Å². The Balaban J connectivity index is 2.10. The van der Waals surface area contributed by atoms with Gasteiger partial charge in [-0.1, -0.05) is 45.0 Å². The topological polar surface area (TPSA) is 38.7 Å². The van der Waals surface area contributed by atoms with Crippen LogP contribution in [-0.4, -0.2) is 24.9 Å². The van der Waals surface area contributed by atoms with Crippen molar-refractivity contribution in [2.75, 3.05) is 13.7 Å². The van der Waals surface area contributed by atoms with Crippen molar-refractivity contribution in [3.05, 3.63) is 59.7 Å². The highest BCUT2D eigenvalue weighted by Crippen LogP contribution is 2.33. The molecular weight excluding hydrogens is 288 g/mol. The lowest BCUT2D eigenvalue weighted by molar-refractivity contribution is 0.0556. The highest BCUT2D eigenvalue weighted by Gasteiger charge is 2.23. The molecule has 2 rings (SSSR count). The largest absolute Gasteiger partial charge is 0.508 e. The molecule has 3 nitrogen and oxygen atoms in total. The summed E-state index contributed by atoms with van der Waals surface area (Å²) in [6, 6.07) is 15.6. The number of rotatable bonds is 7. The predicted molar refractivity (Wildman–Crippen MR) is 93.3 cm³/mol. The number of hydrogen-bond donors (Lipinski definition) is 1. The second-order valence-electron chi connectivity index (χ2n) is 6.27. The van der Waals surface area contributed by atoms with Gasteiger partial charge in [-0.25, -0.2) is 0 Å². The average molecular weight is 314 g/mol. The molecule has 2 aromatic rings. The summed E-state index contributed by atoms with van der Waals surface area (Å²) in [5, 5.41) is 9.45. The first kappa shape index (κ1) is 17.4. The van der Waals surface area contributed by atoms with E-state index in [1.165, 1.54) is 5.56 Å². The van der Waals surface area contributed by atoms with Crippen LogP contribution in [0.1, 0.15) is 38.3 Å². The molecule has 124 valence electrons. The highest BCUT2D eigenvalue weighted by atomic mass is 16.5. The summed E-state index contributed by atoms with van der Waals surface area (Å²) in [5.74, 6) is 1.14. The Hall–Kier alpha value is -2.00. The molecule has 0 amide bonds. The number of aromatic hydroxyl groups is 1. The van der Waals surface area contributed by atoms with E-state index in [4.69, 9.17) is 9.47 Å². The first-order chi connectivity index (χ1) is 11.0. The third-order valence-electron chi connectivity index (χ3n) is 4.39. The predicted octanol–water partition coefficient (Wildman–Crippen LogP) is 4.52. The SMILES string of the molecule is CCC(COc1ccc(C(C)(C)c2ccc(O)cc2)cc1)OC. The monoisotopic (exact) mass is 314 g/mol. The van der Waals surface area contributed by atoms with Crippen LogP contribution in [0.3, 0.4) is 0 Å². The lowest BCUT2D eigenvalue weighted by Crippen LogP contribution is -2.20. The van der Waals surface area contributed by atoms with E-state index in [2.05, 4.69) is 32.9 Å². The number of benzene rings is 2. The van der Waals surface area contributed by atoms with Gasteiger partial charge in [0.25, 0.3) is 0 Å². The maximum absolute atomic E-state index is 9.45. The molecule has 0 aromatic heterocycles. The number of ether oxygens (including phenoxy) is 2. The molecular formula is C20H26O3. The number of hydrogen-bond acceptors (Lipinski definition) is 3. The first-order valence-electron chi connectivity index (χ1n) is 8.03. The molecule has 0 aliphatic rings. The molecule has 0 spiro atoms. The van der Waals surface area contributed by atoms with E-state index in [1.807, 2.05) is 24.3 Å². The minimum atomic E-state index is -0.134. The molecule has 0 aliphatic heterocycles. The minimum absolute atomic E-state index is 0.128. The van der Waals surface area contributed by atoms with E-state index in [-0.39, 0.29) is 17.3 Å². The highest BCUT2D eigenvalue weighted by molar-refractivity contribution is 5.41. The molecule has 0 bridgehead atoms. The summed E-state index contributed by atoms with van der Waals surface area (Å²) >= 11 is 0. The maximum Gasteiger partial charge on any atom is 0.119 e. The lowest BCUT2D eigenvalue weighted by atomic mass is 9.78. The molecule has 2 aromatic carbocycles. The van der Waals surface area contributed by atoms with Crippen LogP contribution in [0.5, 0.6) is 11.5 Å². The zero-order valence-electron chi connectivity index (χ0n) is 14.4. The van der Waals surface area contributed by atoms with Crippen LogP contribution >= 0.6 is 0 Å². The molecule has 23 heavy (non-hydrogen) atoms. The van der Waals surface area contributed by atoms with Gasteiger partial charge in [0.1, 0.15) is 18.1 Å². The molecule has 0 fully saturated rings. The van der Waals surface area contributed by atoms with E-state index in [0.29, 0.717) is 6.61 Å². The Morgan fingerprint density at radius 3 is 1.96 bits per heavy atom. The summed E-state index contributed by atoms with van der Waals surface area (Å²) < 4.78 is 11.1. The van der Waals surface area contributed by atoms with Crippen molar-refractivity contribution in [1.29, 1.82) is 0 Å². The Morgan fingerprint density at radius 2 is 1.48 bits per heavy atom. The van der Waals surface area contributed by atoms with Gasteiger partial charge in [0.15, 0.2) is 0 Å². The van der Waals surface area contributed by atoms with E-state index >= 15 is 0 Å². The molecule has 3 heteroatoms. The summed E-state index contributed by atoms with van der Waals surface area (Å²) in [4.78, 5) is 0.